The van der Waals surface area contributed by atoms with Crippen LogP contribution in [0.25, 0.3) is 10.9 Å². The van der Waals surface area contributed by atoms with Crippen LogP contribution >= 0.6 is 0 Å². The number of H-pyrrole nitrogens is 1. The highest BCUT2D eigenvalue weighted by Gasteiger charge is 1.91. The largest absolute Gasteiger partial charge is 0.194 e. The van der Waals surface area contributed by atoms with E-state index in [9.17, 15) is 0 Å². The van der Waals surface area contributed by atoms with Crippen molar-refractivity contribution in [2.45, 2.75) is 0 Å². The molecule has 2 heteroatoms. The average Bonchev–Trinajstić information content (AvgIpc) is 2.05. The molecule has 0 amide bonds. The zero-order valence-corrected chi connectivity index (χ0v) is 5.41. The molecule has 0 saturated carbocycles. The summed E-state index contributed by atoms with van der Waals surface area (Å²) in [6, 6.07) is 10.00. The van der Waals surface area contributed by atoms with E-state index in [4.69, 9.17) is 0 Å². The van der Waals surface area contributed by atoms with Crippen LogP contribution in [0.15, 0.2) is 36.5 Å². The molecule has 1 N–H and O–H groups in total. The molecule has 0 bridgehead atoms. The summed E-state index contributed by atoms with van der Waals surface area (Å²) in [6.45, 7) is 0. The summed E-state index contributed by atoms with van der Waals surface area (Å²) in [5, 5.41) is 8.01. The Morgan fingerprint density at radius 3 is 2.90 bits per heavy atom. The van der Waals surface area contributed by atoms with Gasteiger partial charge in [0.05, 0.1) is 0 Å². The molecule has 0 spiro atoms. The maximum absolute atomic E-state index is 4.06. The van der Waals surface area contributed by atoms with Gasteiger partial charge in [-0.25, -0.2) is 0 Å². The van der Waals surface area contributed by atoms with Crippen LogP contribution in [-0.4, -0.2) is 5.10 Å². The van der Waals surface area contributed by atoms with Crippen LogP contribution in [-0.2, 0) is 0 Å². The molecule has 0 aliphatic rings. The van der Waals surface area contributed by atoms with E-state index in [0.29, 0.717) is 0 Å². The predicted molar refractivity (Wildman–Crippen MR) is 38.3 cm³/mol. The Bertz CT molecular complexity index is 278. The highest BCUT2D eigenvalue weighted by molar-refractivity contribution is 5.76. The second-order valence-corrected chi connectivity index (χ2v) is 2.13. The van der Waals surface area contributed by atoms with Gasteiger partial charge in [0, 0.05) is 11.5 Å². The van der Waals surface area contributed by atoms with E-state index in [2.05, 4.69) is 10.2 Å². The van der Waals surface area contributed by atoms with Crippen LogP contribution in [0, 0.1) is 0 Å². The van der Waals surface area contributed by atoms with Gasteiger partial charge in [0.1, 0.15) is 5.52 Å². The lowest BCUT2D eigenvalue weighted by Crippen LogP contribution is -2.04. The van der Waals surface area contributed by atoms with Gasteiger partial charge in [0.15, 0.2) is 6.20 Å². The van der Waals surface area contributed by atoms with Gasteiger partial charge in [-0.1, -0.05) is 18.2 Å². The van der Waals surface area contributed by atoms with Crippen LogP contribution < -0.4 is 5.10 Å². The van der Waals surface area contributed by atoms with E-state index in [-0.39, 0.29) is 0 Å². The van der Waals surface area contributed by atoms with Gasteiger partial charge in [-0.15, -0.1) is 5.10 Å². The van der Waals surface area contributed by atoms with Crippen LogP contribution in [0.1, 0.15) is 0 Å². The van der Waals surface area contributed by atoms with Crippen molar-refractivity contribution in [1.29, 1.82) is 0 Å². The van der Waals surface area contributed by atoms with E-state index in [1.165, 1.54) is 5.39 Å². The number of hydrogen-bond acceptors (Lipinski definition) is 1. The molecule has 0 atom stereocenters. The summed E-state index contributed by atoms with van der Waals surface area (Å²) in [6.07, 6.45) is 1.82. The second kappa shape index (κ2) is 2.06. The van der Waals surface area contributed by atoms with Gasteiger partial charge in [-0.05, 0) is 11.2 Å². The molecule has 2 aromatic rings. The van der Waals surface area contributed by atoms with Crippen molar-refractivity contribution in [3.05, 3.63) is 36.5 Å². The first-order valence-corrected chi connectivity index (χ1v) is 3.19. The summed E-state index contributed by atoms with van der Waals surface area (Å²) < 4.78 is 0. The van der Waals surface area contributed by atoms with Crippen LogP contribution in [0.5, 0.6) is 0 Å². The second-order valence-electron chi connectivity index (χ2n) is 2.13. The number of hydrogen-bond donors (Lipinski definition) is 0. The van der Waals surface area contributed by atoms with Gasteiger partial charge in [0.25, 0.3) is 0 Å². The van der Waals surface area contributed by atoms with Crippen molar-refractivity contribution in [2.75, 3.05) is 0 Å². The minimum atomic E-state index is 1.00. The number of nitrogens with one attached hydrogen (secondary N) is 1. The van der Waals surface area contributed by atoms with Gasteiger partial charge < -0.3 is 0 Å². The van der Waals surface area contributed by atoms with Gasteiger partial charge >= 0.3 is 0 Å². The number of benzene rings is 1. The zero-order chi connectivity index (χ0) is 6.81. The third-order valence-corrected chi connectivity index (χ3v) is 1.46. The quantitative estimate of drug-likeness (QED) is 0.525. The lowest BCUT2D eigenvalue weighted by molar-refractivity contribution is -0.451. The smallest absolute Gasteiger partial charge is 0.106 e. The molecule has 0 fully saturated rings. The first-order chi connectivity index (χ1) is 4.97. The lowest BCUT2D eigenvalue weighted by atomic mass is 10.2. The zero-order valence-electron chi connectivity index (χ0n) is 5.41. The Labute approximate surface area is 58.5 Å². The molecule has 2 rings (SSSR count). The SMILES string of the molecule is c1ccc2n[nH+]ccc2c1. The van der Waals surface area contributed by atoms with E-state index in [1.807, 2.05) is 36.5 Å². The molecule has 0 aliphatic carbocycles. The van der Waals surface area contributed by atoms with Crippen molar-refractivity contribution >= 4 is 10.9 Å². The molecule has 1 aromatic heterocycles. The molecule has 0 radical (unpaired) electrons. The standard InChI is InChI=1S/C8H6N2/c1-2-4-8-7(3-1)5-6-9-10-8/h1-6H/p+1. The molecule has 0 unspecified atom stereocenters. The number of aromatic nitrogens is 2. The Kier molecular flexibility index (Phi) is 1.10. The number of nitrogens with zero attached hydrogens (tertiary/aromatic N) is 1. The highest BCUT2D eigenvalue weighted by atomic mass is 15.1. The van der Waals surface area contributed by atoms with E-state index in [1.54, 1.807) is 0 Å². The lowest BCUT2D eigenvalue weighted by Gasteiger charge is -1.86. The fourth-order valence-corrected chi connectivity index (χ4v) is 0.964. The topological polar surface area (TPSA) is 27.0 Å². The van der Waals surface area contributed by atoms with Gasteiger partial charge in [-0.2, -0.15) is 0 Å². The maximum atomic E-state index is 4.06. The van der Waals surface area contributed by atoms with Crippen molar-refractivity contribution < 1.29 is 5.10 Å². The van der Waals surface area contributed by atoms with E-state index >= 15 is 0 Å². The summed E-state index contributed by atoms with van der Waals surface area (Å²) >= 11 is 0. The normalized spacial score (nSPS) is 10.0. The Morgan fingerprint density at radius 2 is 2.00 bits per heavy atom. The molecule has 1 aromatic carbocycles. The monoisotopic (exact) mass is 131 g/mol. The minimum absolute atomic E-state index is 1.00. The Balaban J connectivity index is 2.89. The fourth-order valence-electron chi connectivity index (χ4n) is 0.964. The molecule has 0 saturated heterocycles. The Hall–Kier alpha value is -1.44. The summed E-state index contributed by atoms with van der Waals surface area (Å²) in [7, 11) is 0. The molecule has 48 valence electrons. The highest BCUT2D eigenvalue weighted by Crippen LogP contribution is 2.05. The van der Waals surface area contributed by atoms with E-state index < -0.39 is 0 Å². The van der Waals surface area contributed by atoms with Crippen molar-refractivity contribution in [2.24, 2.45) is 0 Å². The predicted octanol–water partition coefficient (Wildman–Crippen LogP) is 1.05. The fraction of sp³-hybridized carbons (Fsp3) is 0. The first-order valence-electron chi connectivity index (χ1n) is 3.19. The molecular weight excluding hydrogens is 124 g/mol. The maximum Gasteiger partial charge on any atom is 0.194 e. The molecule has 1 heterocycles. The van der Waals surface area contributed by atoms with Crippen molar-refractivity contribution in [1.82, 2.24) is 5.10 Å². The molecule has 0 aliphatic heterocycles. The summed E-state index contributed by atoms with van der Waals surface area (Å²) in [5.41, 5.74) is 1.00. The number of aromatic amines is 1. The molecular formula is C8H7N2+. The van der Waals surface area contributed by atoms with Crippen LogP contribution in [0.2, 0.25) is 0 Å². The number of rotatable bonds is 0. The van der Waals surface area contributed by atoms with Crippen molar-refractivity contribution in [3.8, 4) is 0 Å². The average molecular weight is 131 g/mol. The van der Waals surface area contributed by atoms with Crippen molar-refractivity contribution in [3.63, 3.8) is 0 Å². The van der Waals surface area contributed by atoms with E-state index in [0.717, 1.165) is 5.52 Å². The molecule has 2 nitrogen and oxygen atoms in total. The first kappa shape index (κ1) is 5.35. The summed E-state index contributed by atoms with van der Waals surface area (Å²) in [5.74, 6) is 0. The van der Waals surface area contributed by atoms with Gasteiger partial charge in [0.2, 0.25) is 0 Å². The third kappa shape index (κ3) is 0.739. The third-order valence-electron chi connectivity index (χ3n) is 1.46. The summed E-state index contributed by atoms with van der Waals surface area (Å²) in [4.78, 5) is 0. The van der Waals surface area contributed by atoms with Crippen LogP contribution in [0.3, 0.4) is 0 Å². The Morgan fingerprint density at radius 1 is 1.10 bits per heavy atom. The molecule has 10 heavy (non-hydrogen) atoms. The number of para-hydroxylation sites is 1. The van der Waals surface area contributed by atoms with Crippen LogP contribution in [0.4, 0.5) is 0 Å². The minimum Gasteiger partial charge on any atom is -0.106 e. The number of fused-ring (bicyclic) bond motifs is 1. The van der Waals surface area contributed by atoms with Gasteiger partial charge in [-0.3, -0.25) is 0 Å².